The second-order valence-electron chi connectivity index (χ2n) is 11.3. The summed E-state index contributed by atoms with van der Waals surface area (Å²) in [5, 5.41) is 15.6. The van der Waals surface area contributed by atoms with E-state index in [9.17, 15) is 18.3 Å². The molecule has 2 heterocycles. The van der Waals surface area contributed by atoms with Gasteiger partial charge in [0.2, 0.25) is 10.0 Å². The second-order valence-corrected chi connectivity index (χ2v) is 13.0. The summed E-state index contributed by atoms with van der Waals surface area (Å²) in [5.41, 5.74) is -0.834. The quantitative estimate of drug-likeness (QED) is 0.352. The van der Waals surface area contributed by atoms with Crippen LogP contribution in [0.25, 0.3) is 0 Å². The lowest BCUT2D eigenvalue weighted by atomic mass is 9.98. The number of amides is 1. The number of piperidine rings is 1. The van der Waals surface area contributed by atoms with Crippen LogP contribution in [-0.4, -0.2) is 73.9 Å². The molecule has 38 heavy (non-hydrogen) atoms. The first kappa shape index (κ1) is 29.8. The van der Waals surface area contributed by atoms with Crippen LogP contribution in [0.3, 0.4) is 0 Å². The first-order chi connectivity index (χ1) is 17.7. The highest BCUT2D eigenvalue weighted by Crippen LogP contribution is 2.27. The van der Waals surface area contributed by atoms with Crippen LogP contribution in [0.2, 0.25) is 0 Å². The van der Waals surface area contributed by atoms with Gasteiger partial charge in [-0.2, -0.15) is 0 Å². The lowest BCUT2D eigenvalue weighted by Gasteiger charge is -2.33. The van der Waals surface area contributed by atoms with Gasteiger partial charge in [0.25, 0.3) is 5.91 Å². The van der Waals surface area contributed by atoms with E-state index in [4.69, 9.17) is 9.72 Å². The maximum atomic E-state index is 13.4. The zero-order valence-corrected chi connectivity index (χ0v) is 23.9. The Kier molecular flexibility index (Phi) is 9.34. The molecule has 12 heteroatoms. The number of nitrogens with zero attached hydrogens (tertiary/aromatic N) is 3. The van der Waals surface area contributed by atoms with Gasteiger partial charge in [-0.25, -0.2) is 23.1 Å². The van der Waals surface area contributed by atoms with Crippen LogP contribution in [0.5, 0.6) is 0 Å². The average Bonchev–Trinajstić information content (AvgIpc) is 2.83. The first-order valence-corrected chi connectivity index (χ1v) is 14.2. The van der Waals surface area contributed by atoms with Gasteiger partial charge in [-0.05, 0) is 71.6 Å². The van der Waals surface area contributed by atoms with Gasteiger partial charge in [-0.1, -0.05) is 6.07 Å². The van der Waals surface area contributed by atoms with Gasteiger partial charge in [-0.3, -0.25) is 4.79 Å². The molecule has 1 aliphatic rings. The fourth-order valence-electron chi connectivity index (χ4n) is 4.15. The molecule has 0 atom stereocenters. The molecule has 0 unspecified atom stereocenters. The number of methoxy groups -OCH3 is 1. The fraction of sp³-hybridized carbons (Fsp3) is 0.577. The van der Waals surface area contributed by atoms with Crippen LogP contribution in [0.4, 0.5) is 17.3 Å². The largest absolute Gasteiger partial charge is 0.394 e. The topological polar surface area (TPSA) is 146 Å². The Morgan fingerprint density at radius 1 is 1.18 bits per heavy atom. The molecule has 4 N–H and O–H groups in total. The molecule has 210 valence electrons. The Hall–Kier alpha value is -2.80. The van der Waals surface area contributed by atoms with Crippen LogP contribution in [0.15, 0.2) is 35.4 Å². The summed E-state index contributed by atoms with van der Waals surface area (Å²) in [5.74, 6) is 0.798. The van der Waals surface area contributed by atoms with E-state index in [0.29, 0.717) is 42.9 Å². The lowest BCUT2D eigenvalue weighted by Crippen LogP contribution is -2.40. The molecule has 0 saturated carbocycles. The van der Waals surface area contributed by atoms with E-state index in [2.05, 4.69) is 20.3 Å². The summed E-state index contributed by atoms with van der Waals surface area (Å²) in [4.78, 5) is 24.6. The standard InChI is InChI=1S/C26H40N6O5S/c1-25(2,3)31-38(35,36)20-9-7-8-19(14-20)28-24(34)22-23(32-12-10-18(11-13-32)16-37-6)29-21(15-27-22)30-26(4,5)17-33/h7-9,14-15,18,31,33H,10-13,16-17H2,1-6H3,(H,28,34)(H,29,30). The number of carbonyl (C=O) groups is 1. The van der Waals surface area contributed by atoms with Crippen LogP contribution in [0.1, 0.15) is 57.9 Å². The molecule has 0 radical (unpaired) electrons. The third-order valence-electron chi connectivity index (χ3n) is 5.99. The number of aromatic nitrogens is 2. The van der Waals surface area contributed by atoms with E-state index in [1.165, 1.54) is 18.3 Å². The Labute approximate surface area is 225 Å². The third-order valence-corrected chi connectivity index (χ3v) is 7.75. The predicted octanol–water partition coefficient (Wildman–Crippen LogP) is 2.85. The second kappa shape index (κ2) is 11.9. The van der Waals surface area contributed by atoms with Crippen molar-refractivity contribution in [3.05, 3.63) is 36.2 Å². The van der Waals surface area contributed by atoms with Crippen molar-refractivity contribution in [3.8, 4) is 0 Å². The van der Waals surface area contributed by atoms with Gasteiger partial charge < -0.3 is 25.4 Å². The number of carbonyl (C=O) groups excluding carboxylic acids is 1. The number of rotatable bonds is 10. The molecular formula is C26H40N6O5S. The van der Waals surface area contributed by atoms with Gasteiger partial charge in [0.1, 0.15) is 5.82 Å². The van der Waals surface area contributed by atoms with Gasteiger partial charge in [0.15, 0.2) is 11.5 Å². The summed E-state index contributed by atoms with van der Waals surface area (Å²) in [6.45, 7) is 10.9. The number of sulfonamides is 1. The number of aliphatic hydroxyl groups excluding tert-OH is 1. The van der Waals surface area contributed by atoms with Crippen molar-refractivity contribution in [2.75, 3.05) is 48.9 Å². The van der Waals surface area contributed by atoms with Gasteiger partial charge in [0.05, 0.1) is 23.2 Å². The van der Waals surface area contributed by atoms with E-state index < -0.39 is 27.0 Å². The Morgan fingerprint density at radius 2 is 1.87 bits per heavy atom. The molecule has 1 aromatic heterocycles. The monoisotopic (exact) mass is 548 g/mol. The molecule has 1 fully saturated rings. The van der Waals surface area contributed by atoms with Gasteiger partial charge in [-0.15, -0.1) is 0 Å². The number of benzene rings is 1. The molecule has 0 bridgehead atoms. The van der Waals surface area contributed by atoms with Crippen molar-refractivity contribution in [2.45, 2.75) is 63.4 Å². The molecule has 1 amide bonds. The summed E-state index contributed by atoms with van der Waals surface area (Å²) in [6, 6.07) is 6.08. The molecule has 1 aromatic carbocycles. The minimum Gasteiger partial charge on any atom is -0.394 e. The zero-order chi connectivity index (χ0) is 28.1. The third kappa shape index (κ3) is 8.10. The molecule has 0 spiro atoms. The number of hydrogen-bond donors (Lipinski definition) is 4. The molecule has 3 rings (SSSR count). The normalized spacial score (nSPS) is 15.4. The highest BCUT2D eigenvalue weighted by molar-refractivity contribution is 7.89. The van der Waals surface area contributed by atoms with Gasteiger partial charge in [0, 0.05) is 38.0 Å². The van der Waals surface area contributed by atoms with E-state index in [0.717, 1.165) is 12.8 Å². The van der Waals surface area contributed by atoms with Crippen molar-refractivity contribution < 1.29 is 23.1 Å². The van der Waals surface area contributed by atoms with Crippen LogP contribution in [0, 0.1) is 5.92 Å². The van der Waals surface area contributed by atoms with Gasteiger partial charge >= 0.3 is 0 Å². The molecule has 1 aliphatic heterocycles. The number of aliphatic hydroxyl groups is 1. The van der Waals surface area contributed by atoms with E-state index in [-0.39, 0.29) is 17.2 Å². The molecule has 2 aromatic rings. The van der Waals surface area contributed by atoms with Crippen molar-refractivity contribution >= 4 is 33.3 Å². The summed E-state index contributed by atoms with van der Waals surface area (Å²) < 4.78 is 33.5. The molecule has 0 aliphatic carbocycles. The van der Waals surface area contributed by atoms with Crippen molar-refractivity contribution in [1.82, 2.24) is 14.7 Å². The highest BCUT2D eigenvalue weighted by atomic mass is 32.2. The molecular weight excluding hydrogens is 508 g/mol. The Morgan fingerprint density at radius 3 is 2.47 bits per heavy atom. The van der Waals surface area contributed by atoms with E-state index in [1.807, 2.05) is 18.7 Å². The number of hydrogen-bond acceptors (Lipinski definition) is 9. The SMILES string of the molecule is COCC1CCN(c2nc(NC(C)(C)CO)cnc2C(=O)Nc2cccc(S(=O)(=O)NC(C)(C)C)c2)CC1. The van der Waals surface area contributed by atoms with E-state index >= 15 is 0 Å². The van der Waals surface area contributed by atoms with E-state index in [1.54, 1.807) is 40.0 Å². The van der Waals surface area contributed by atoms with Crippen LogP contribution >= 0.6 is 0 Å². The first-order valence-electron chi connectivity index (χ1n) is 12.7. The Balaban J connectivity index is 1.89. The summed E-state index contributed by atoms with van der Waals surface area (Å²) >= 11 is 0. The maximum Gasteiger partial charge on any atom is 0.278 e. The van der Waals surface area contributed by atoms with Crippen molar-refractivity contribution in [3.63, 3.8) is 0 Å². The zero-order valence-electron chi connectivity index (χ0n) is 23.0. The lowest BCUT2D eigenvalue weighted by molar-refractivity contribution is 0.102. The van der Waals surface area contributed by atoms with Crippen molar-refractivity contribution in [1.29, 1.82) is 0 Å². The number of nitrogens with one attached hydrogen (secondary N) is 3. The Bertz CT molecular complexity index is 1220. The van der Waals surface area contributed by atoms with Crippen LogP contribution < -0.4 is 20.3 Å². The minimum atomic E-state index is -3.78. The smallest absolute Gasteiger partial charge is 0.278 e. The number of ether oxygens (including phenoxy) is 1. The number of anilines is 3. The summed E-state index contributed by atoms with van der Waals surface area (Å²) in [6.07, 6.45) is 3.23. The summed E-state index contributed by atoms with van der Waals surface area (Å²) in [7, 11) is -2.09. The minimum absolute atomic E-state index is 0.0440. The fourth-order valence-corrected chi connectivity index (χ4v) is 5.61. The maximum absolute atomic E-state index is 13.4. The average molecular weight is 549 g/mol. The van der Waals surface area contributed by atoms with Crippen molar-refractivity contribution in [2.24, 2.45) is 5.92 Å². The predicted molar refractivity (Wildman–Crippen MR) is 148 cm³/mol. The highest BCUT2D eigenvalue weighted by Gasteiger charge is 2.27. The molecule has 1 saturated heterocycles. The van der Waals surface area contributed by atoms with Crippen LogP contribution in [-0.2, 0) is 14.8 Å². The molecule has 11 nitrogen and oxygen atoms in total.